The van der Waals surface area contributed by atoms with Crippen LogP contribution in [0.5, 0.6) is 0 Å². The highest BCUT2D eigenvalue weighted by molar-refractivity contribution is 7.92. The number of hydrogen-bond donors (Lipinski definition) is 0. The number of hydrogen-bond acceptors (Lipinski definition) is 7. The summed E-state index contributed by atoms with van der Waals surface area (Å²) in [5.74, 6) is 1.13. The molecule has 9 heteroatoms. The smallest absolute Gasteiger partial charge is 0.241 e. The van der Waals surface area contributed by atoms with Crippen molar-refractivity contribution in [2.75, 3.05) is 26.2 Å². The molecule has 0 unspecified atom stereocenters. The van der Waals surface area contributed by atoms with Crippen LogP contribution in [0.25, 0.3) is 17.5 Å². The molecule has 146 valence electrons. The molecule has 1 saturated heterocycles. The van der Waals surface area contributed by atoms with Crippen LogP contribution in [0.2, 0.25) is 0 Å². The standard InChI is InChI=1S/C19H20N4O3S2/c24-28(25,13-7-16-4-2-1-3-5-16)23-10-8-22(9-11-23)14-18-20-19(21-26-18)17-6-12-27-15-17/h1-7,12-13,15H,8-11,14H2/b13-7+. The number of benzene rings is 1. The quantitative estimate of drug-likeness (QED) is 0.615. The minimum Gasteiger partial charge on any atom is -0.338 e. The predicted octanol–water partition coefficient (Wildman–Crippen LogP) is 2.92. The molecule has 0 aliphatic carbocycles. The van der Waals surface area contributed by atoms with E-state index in [1.807, 2.05) is 47.2 Å². The fourth-order valence-electron chi connectivity index (χ4n) is 2.98. The van der Waals surface area contributed by atoms with Gasteiger partial charge < -0.3 is 4.52 Å². The van der Waals surface area contributed by atoms with Crippen LogP contribution in [-0.4, -0.2) is 53.9 Å². The second-order valence-electron chi connectivity index (χ2n) is 6.46. The molecule has 4 rings (SSSR count). The lowest BCUT2D eigenvalue weighted by Gasteiger charge is -2.32. The van der Waals surface area contributed by atoms with Crippen LogP contribution in [0.3, 0.4) is 0 Å². The fourth-order valence-corrected chi connectivity index (χ4v) is 4.78. The average Bonchev–Trinajstić information content (AvgIpc) is 3.40. The number of sulfonamides is 1. The van der Waals surface area contributed by atoms with E-state index in [1.54, 1.807) is 17.4 Å². The van der Waals surface area contributed by atoms with E-state index in [-0.39, 0.29) is 0 Å². The van der Waals surface area contributed by atoms with Crippen LogP contribution in [-0.2, 0) is 16.6 Å². The zero-order valence-electron chi connectivity index (χ0n) is 15.1. The van der Waals surface area contributed by atoms with Gasteiger partial charge in [-0.2, -0.15) is 20.6 Å². The van der Waals surface area contributed by atoms with Gasteiger partial charge in [0.05, 0.1) is 6.54 Å². The Kier molecular flexibility index (Phi) is 5.67. The number of aromatic nitrogens is 2. The Balaban J connectivity index is 1.32. The molecule has 1 aliphatic heterocycles. The van der Waals surface area contributed by atoms with Crippen LogP contribution < -0.4 is 0 Å². The highest BCUT2D eigenvalue weighted by Crippen LogP contribution is 2.19. The van der Waals surface area contributed by atoms with E-state index in [9.17, 15) is 8.42 Å². The molecule has 0 bridgehead atoms. The van der Waals surface area contributed by atoms with Crippen molar-refractivity contribution in [1.82, 2.24) is 19.3 Å². The van der Waals surface area contributed by atoms with E-state index in [4.69, 9.17) is 4.52 Å². The van der Waals surface area contributed by atoms with E-state index in [0.717, 1.165) is 11.1 Å². The van der Waals surface area contributed by atoms with E-state index in [2.05, 4.69) is 15.0 Å². The normalized spacial score (nSPS) is 16.7. The van der Waals surface area contributed by atoms with Crippen LogP contribution in [0, 0.1) is 0 Å². The van der Waals surface area contributed by atoms with E-state index < -0.39 is 10.0 Å². The zero-order valence-corrected chi connectivity index (χ0v) is 16.8. The maximum absolute atomic E-state index is 12.5. The third-order valence-corrected chi connectivity index (χ3v) is 6.78. The third kappa shape index (κ3) is 4.56. The summed E-state index contributed by atoms with van der Waals surface area (Å²) in [4.78, 5) is 6.54. The molecule has 1 aromatic carbocycles. The van der Waals surface area contributed by atoms with Gasteiger partial charge in [-0.1, -0.05) is 35.5 Å². The summed E-state index contributed by atoms with van der Waals surface area (Å²) in [5, 5.41) is 9.23. The fraction of sp³-hybridized carbons (Fsp3) is 0.263. The molecule has 7 nitrogen and oxygen atoms in total. The predicted molar refractivity (Wildman–Crippen MR) is 109 cm³/mol. The van der Waals surface area contributed by atoms with Gasteiger partial charge in [0.25, 0.3) is 0 Å². The summed E-state index contributed by atoms with van der Waals surface area (Å²) in [6.07, 6.45) is 1.63. The van der Waals surface area contributed by atoms with Crippen LogP contribution in [0.15, 0.2) is 57.1 Å². The van der Waals surface area contributed by atoms with E-state index in [0.29, 0.717) is 44.4 Å². The molecule has 0 N–H and O–H groups in total. The van der Waals surface area contributed by atoms with Gasteiger partial charge in [-0.15, -0.1) is 0 Å². The first-order chi connectivity index (χ1) is 13.6. The van der Waals surface area contributed by atoms with Gasteiger partial charge in [-0.25, -0.2) is 8.42 Å². The SMILES string of the molecule is O=S(=O)(/C=C/c1ccccc1)N1CCN(Cc2nc(-c3ccsc3)no2)CC1. The molecule has 0 saturated carbocycles. The summed E-state index contributed by atoms with van der Waals surface area (Å²) in [7, 11) is -3.43. The van der Waals surface area contributed by atoms with Crippen molar-refractivity contribution in [3.05, 3.63) is 64.0 Å². The van der Waals surface area contributed by atoms with Gasteiger partial charge in [0.15, 0.2) is 0 Å². The van der Waals surface area contributed by atoms with Gasteiger partial charge in [0, 0.05) is 42.5 Å². The van der Waals surface area contributed by atoms with Gasteiger partial charge in [-0.3, -0.25) is 4.90 Å². The molecule has 1 fully saturated rings. The Bertz CT molecular complexity index is 1020. The first-order valence-corrected chi connectivity index (χ1v) is 11.4. The first-order valence-electron chi connectivity index (χ1n) is 8.91. The molecular formula is C19H20N4O3S2. The Labute approximate surface area is 168 Å². The maximum Gasteiger partial charge on any atom is 0.241 e. The van der Waals surface area contributed by atoms with Crippen LogP contribution in [0.1, 0.15) is 11.5 Å². The first kappa shape index (κ1) is 19.0. The third-order valence-electron chi connectivity index (χ3n) is 4.53. The minimum atomic E-state index is -3.43. The number of piperazine rings is 1. The molecular weight excluding hydrogens is 396 g/mol. The van der Waals surface area contributed by atoms with Crippen molar-refractivity contribution >= 4 is 27.4 Å². The van der Waals surface area contributed by atoms with Crippen molar-refractivity contribution in [1.29, 1.82) is 0 Å². The van der Waals surface area contributed by atoms with Crippen molar-refractivity contribution < 1.29 is 12.9 Å². The summed E-state index contributed by atoms with van der Waals surface area (Å²) < 4.78 is 31.9. The van der Waals surface area contributed by atoms with Gasteiger partial charge >= 0.3 is 0 Å². The highest BCUT2D eigenvalue weighted by Gasteiger charge is 2.26. The van der Waals surface area contributed by atoms with Crippen molar-refractivity contribution in [3.8, 4) is 11.4 Å². The van der Waals surface area contributed by atoms with E-state index in [1.165, 1.54) is 9.71 Å². The maximum atomic E-state index is 12.5. The molecule has 0 amide bonds. The minimum absolute atomic E-state index is 0.437. The summed E-state index contributed by atoms with van der Waals surface area (Å²) in [6.45, 7) is 2.63. The Morgan fingerprint density at radius 2 is 1.89 bits per heavy atom. The lowest BCUT2D eigenvalue weighted by molar-refractivity contribution is 0.164. The van der Waals surface area contributed by atoms with Crippen molar-refractivity contribution in [3.63, 3.8) is 0 Å². The molecule has 0 atom stereocenters. The molecule has 3 heterocycles. The summed E-state index contributed by atoms with van der Waals surface area (Å²) in [5.41, 5.74) is 1.81. The zero-order chi connectivity index (χ0) is 19.4. The van der Waals surface area contributed by atoms with E-state index >= 15 is 0 Å². The Morgan fingerprint density at radius 3 is 2.61 bits per heavy atom. The average molecular weight is 417 g/mol. The number of nitrogens with zero attached hydrogens (tertiary/aromatic N) is 4. The Hall–Kier alpha value is -2.33. The molecule has 3 aromatic rings. The summed E-state index contributed by atoms with van der Waals surface area (Å²) in [6, 6.07) is 11.4. The van der Waals surface area contributed by atoms with Gasteiger partial charge in [0.2, 0.25) is 21.7 Å². The number of thiophene rings is 1. The van der Waals surface area contributed by atoms with Crippen molar-refractivity contribution in [2.24, 2.45) is 0 Å². The Morgan fingerprint density at radius 1 is 1.11 bits per heavy atom. The monoisotopic (exact) mass is 416 g/mol. The van der Waals surface area contributed by atoms with Gasteiger partial charge in [-0.05, 0) is 23.1 Å². The topological polar surface area (TPSA) is 79.5 Å². The second kappa shape index (κ2) is 8.36. The lowest BCUT2D eigenvalue weighted by Crippen LogP contribution is -2.47. The molecule has 0 radical (unpaired) electrons. The summed E-state index contributed by atoms with van der Waals surface area (Å²) >= 11 is 1.58. The largest absolute Gasteiger partial charge is 0.338 e. The lowest BCUT2D eigenvalue weighted by atomic mass is 10.2. The molecule has 28 heavy (non-hydrogen) atoms. The second-order valence-corrected chi connectivity index (χ2v) is 9.06. The van der Waals surface area contributed by atoms with Crippen LogP contribution in [0.4, 0.5) is 0 Å². The molecule has 0 spiro atoms. The number of rotatable bonds is 6. The van der Waals surface area contributed by atoms with Gasteiger partial charge in [0.1, 0.15) is 0 Å². The molecule has 2 aromatic heterocycles. The van der Waals surface area contributed by atoms with Crippen molar-refractivity contribution in [2.45, 2.75) is 6.54 Å². The molecule has 1 aliphatic rings. The van der Waals surface area contributed by atoms with Crippen LogP contribution >= 0.6 is 11.3 Å². The highest BCUT2D eigenvalue weighted by atomic mass is 32.2.